The van der Waals surface area contributed by atoms with Gasteiger partial charge in [0.25, 0.3) is 0 Å². The molecular weight excluding hydrogens is 258 g/mol. The number of hydrogen-bond acceptors (Lipinski definition) is 5. The van der Waals surface area contributed by atoms with Crippen molar-refractivity contribution in [1.29, 1.82) is 0 Å². The molecule has 0 spiro atoms. The lowest BCUT2D eigenvalue weighted by Crippen LogP contribution is -2.41. The molecule has 1 unspecified atom stereocenters. The first-order chi connectivity index (χ1) is 9.58. The van der Waals surface area contributed by atoms with E-state index in [-0.39, 0.29) is 5.88 Å². The molecule has 0 fully saturated rings. The molecule has 1 atom stereocenters. The first-order valence-electron chi connectivity index (χ1n) is 6.42. The number of rotatable bonds is 5. The molecular formula is C14H17N3O3. The second-order valence-electron chi connectivity index (χ2n) is 4.53. The summed E-state index contributed by atoms with van der Waals surface area (Å²) < 4.78 is 6.56. The summed E-state index contributed by atoms with van der Waals surface area (Å²) in [5.41, 5.74) is 1.57. The van der Waals surface area contributed by atoms with Gasteiger partial charge in [-0.3, -0.25) is 4.52 Å². The molecule has 0 amide bonds. The van der Waals surface area contributed by atoms with E-state index in [4.69, 9.17) is 4.52 Å². The highest BCUT2D eigenvalue weighted by Gasteiger charge is 2.28. The first kappa shape index (κ1) is 14.2. The Labute approximate surface area is 117 Å². The molecule has 1 aromatic heterocycles. The van der Waals surface area contributed by atoms with Gasteiger partial charge in [-0.15, -0.1) is 0 Å². The van der Waals surface area contributed by atoms with E-state index < -0.39 is 12.0 Å². The van der Waals surface area contributed by atoms with Crippen LogP contribution in [0.25, 0.3) is 0 Å². The average Bonchev–Trinajstić information content (AvgIpc) is 2.79. The molecule has 2 aromatic rings. The van der Waals surface area contributed by atoms with Crippen LogP contribution in [0, 0.1) is 0 Å². The summed E-state index contributed by atoms with van der Waals surface area (Å²) in [4.78, 5) is 3.71. The fourth-order valence-corrected chi connectivity index (χ4v) is 1.95. The van der Waals surface area contributed by atoms with E-state index >= 15 is 0 Å². The van der Waals surface area contributed by atoms with Crippen LogP contribution in [-0.4, -0.2) is 16.3 Å². The zero-order chi connectivity index (χ0) is 14.5. The van der Waals surface area contributed by atoms with E-state index in [0.29, 0.717) is 12.2 Å². The second kappa shape index (κ2) is 6.29. The van der Waals surface area contributed by atoms with E-state index in [0.717, 1.165) is 12.0 Å². The Kier molecular flexibility index (Phi) is 4.47. The quantitative estimate of drug-likeness (QED) is 0.493. The van der Waals surface area contributed by atoms with Crippen LogP contribution in [0.2, 0.25) is 0 Å². The molecule has 0 saturated heterocycles. The molecule has 0 radical (unpaired) electrons. The molecule has 0 bridgehead atoms. The van der Waals surface area contributed by atoms with Gasteiger partial charge in [0, 0.05) is 6.42 Å². The summed E-state index contributed by atoms with van der Waals surface area (Å²) in [6.07, 6.45) is -0.0628. The van der Waals surface area contributed by atoms with Gasteiger partial charge in [-0.1, -0.05) is 30.3 Å². The Morgan fingerprint density at radius 2 is 2.15 bits per heavy atom. The van der Waals surface area contributed by atoms with Crippen molar-refractivity contribution in [1.82, 2.24) is 5.27 Å². The Morgan fingerprint density at radius 3 is 2.75 bits per heavy atom. The molecule has 106 valence electrons. The van der Waals surface area contributed by atoms with E-state index in [9.17, 15) is 10.2 Å². The zero-order valence-electron chi connectivity index (χ0n) is 11.5. The monoisotopic (exact) mass is 275 g/mol. The number of aromatic nitrogens is 2. The maximum Gasteiger partial charge on any atom is 0.326 e. The predicted octanol–water partition coefficient (Wildman–Crippen LogP) is 0.668. The van der Waals surface area contributed by atoms with Crippen molar-refractivity contribution in [3.63, 3.8) is 0 Å². The summed E-state index contributed by atoms with van der Waals surface area (Å²) in [6, 6.07) is 9.93. The minimum atomic E-state index is -0.810. The molecule has 0 aliphatic rings. The number of benzene rings is 1. The highest BCUT2D eigenvalue weighted by atomic mass is 16.5. The summed E-state index contributed by atoms with van der Waals surface area (Å²) in [6.45, 7) is 3.45. The van der Waals surface area contributed by atoms with Gasteiger partial charge in [0.05, 0.1) is 0 Å². The third-order valence-corrected chi connectivity index (χ3v) is 2.83. The summed E-state index contributed by atoms with van der Waals surface area (Å²) in [7, 11) is 0. The van der Waals surface area contributed by atoms with Gasteiger partial charge in [-0.05, 0) is 30.0 Å². The van der Waals surface area contributed by atoms with Gasteiger partial charge in [0.2, 0.25) is 5.27 Å². The number of aliphatic hydroxyl groups is 1. The van der Waals surface area contributed by atoms with Gasteiger partial charge >= 0.3 is 11.6 Å². The van der Waals surface area contributed by atoms with Crippen LogP contribution >= 0.6 is 0 Å². The number of nitrogens with zero attached hydrogens (tertiary/aromatic N) is 3. The molecule has 20 heavy (non-hydrogen) atoms. The second-order valence-corrected chi connectivity index (χ2v) is 4.53. The third kappa shape index (κ3) is 3.42. The molecule has 1 heterocycles. The van der Waals surface area contributed by atoms with E-state index in [1.165, 1.54) is 6.92 Å². The lowest BCUT2D eigenvalue weighted by atomic mass is 10.1. The number of hydrogen-bond donors (Lipinski definition) is 1. The van der Waals surface area contributed by atoms with Crippen molar-refractivity contribution < 1.29 is 19.4 Å². The van der Waals surface area contributed by atoms with Crippen LogP contribution in [0.5, 0.6) is 0 Å². The molecule has 6 nitrogen and oxygen atoms in total. The van der Waals surface area contributed by atoms with Crippen LogP contribution in [0.1, 0.15) is 31.2 Å². The smallest absolute Gasteiger partial charge is 0.326 e. The van der Waals surface area contributed by atoms with Gasteiger partial charge in [-0.25, -0.2) is 4.99 Å². The highest BCUT2D eigenvalue weighted by Crippen LogP contribution is 2.21. The van der Waals surface area contributed by atoms with Gasteiger partial charge in [0.1, 0.15) is 6.10 Å². The fraction of sp³-hybridized carbons (Fsp3) is 0.357. The highest BCUT2D eigenvalue weighted by molar-refractivity contribution is 5.71. The lowest BCUT2D eigenvalue weighted by molar-refractivity contribution is -0.770. The molecule has 0 aliphatic heterocycles. The van der Waals surface area contributed by atoms with Crippen molar-refractivity contribution in [2.24, 2.45) is 4.99 Å². The Morgan fingerprint density at radius 1 is 1.45 bits per heavy atom. The van der Waals surface area contributed by atoms with Gasteiger partial charge in [-0.2, -0.15) is 0 Å². The largest absolute Gasteiger partial charge is 0.862 e. The number of aliphatic hydroxyl groups excluding tert-OH is 1. The Balaban J connectivity index is 2.20. The molecule has 1 aromatic carbocycles. The normalized spacial score (nSPS) is 13.4. The zero-order valence-corrected chi connectivity index (χ0v) is 11.5. The minimum Gasteiger partial charge on any atom is -0.862 e. The standard InChI is InChI=1S/C14H17N3O3/c1-10(18)13-14(15-11(2)19)20-16-17(13)9-8-12-6-4-3-5-7-12/h3-7,10,18H,8-9H2,1-2H3. The van der Waals surface area contributed by atoms with Crippen molar-refractivity contribution in [2.45, 2.75) is 32.9 Å². The van der Waals surface area contributed by atoms with Crippen molar-refractivity contribution >= 4 is 11.8 Å². The third-order valence-electron chi connectivity index (χ3n) is 2.83. The topological polar surface area (TPSA) is 85.6 Å². The average molecular weight is 275 g/mol. The van der Waals surface area contributed by atoms with Crippen LogP contribution in [0.3, 0.4) is 0 Å². The summed E-state index contributed by atoms with van der Waals surface area (Å²) >= 11 is 0. The first-order valence-corrected chi connectivity index (χ1v) is 6.42. The maximum absolute atomic E-state index is 11.0. The minimum absolute atomic E-state index is 0.0700. The maximum atomic E-state index is 11.0. The molecule has 6 heteroatoms. The molecule has 0 saturated carbocycles. The number of aliphatic imine (C=N–C) groups is 1. The van der Waals surface area contributed by atoms with Crippen LogP contribution < -0.4 is 9.79 Å². The predicted molar refractivity (Wildman–Crippen MR) is 70.2 cm³/mol. The Hall–Kier alpha value is -2.21. The van der Waals surface area contributed by atoms with Gasteiger partial charge < -0.3 is 10.2 Å². The Bertz CT molecular complexity index is 587. The van der Waals surface area contributed by atoms with Crippen molar-refractivity contribution in [3.05, 3.63) is 41.6 Å². The van der Waals surface area contributed by atoms with Gasteiger partial charge in [0.15, 0.2) is 6.54 Å². The number of aryl methyl sites for hydroxylation is 2. The molecule has 0 aliphatic carbocycles. The van der Waals surface area contributed by atoms with Crippen LogP contribution in [-0.2, 0) is 13.0 Å². The SMILES string of the molecule is C/C([O-])=N/c1on[n+](CCc2ccccc2)c1C(C)O. The van der Waals surface area contributed by atoms with Crippen molar-refractivity contribution in [3.8, 4) is 0 Å². The van der Waals surface area contributed by atoms with Crippen molar-refractivity contribution in [2.75, 3.05) is 0 Å². The molecule has 2 rings (SSSR count). The summed E-state index contributed by atoms with van der Waals surface area (Å²) in [5.74, 6) is -0.321. The van der Waals surface area contributed by atoms with E-state index in [1.54, 1.807) is 11.6 Å². The van der Waals surface area contributed by atoms with Crippen LogP contribution in [0.4, 0.5) is 5.88 Å². The lowest BCUT2D eigenvalue weighted by Gasteiger charge is -2.01. The molecule has 1 N–H and O–H groups in total. The van der Waals surface area contributed by atoms with E-state index in [2.05, 4.69) is 10.3 Å². The van der Waals surface area contributed by atoms with E-state index in [1.807, 2.05) is 30.3 Å². The summed E-state index contributed by atoms with van der Waals surface area (Å²) in [5, 5.41) is 24.7. The fourth-order valence-electron chi connectivity index (χ4n) is 1.95. The van der Waals surface area contributed by atoms with Crippen LogP contribution in [0.15, 0.2) is 39.8 Å².